The van der Waals surface area contributed by atoms with E-state index in [0.717, 1.165) is 29.7 Å². The van der Waals surface area contributed by atoms with Crippen LogP contribution in [0.4, 0.5) is 0 Å². The van der Waals surface area contributed by atoms with Gasteiger partial charge in [0.25, 0.3) is 0 Å². The third kappa shape index (κ3) is 4.67. The van der Waals surface area contributed by atoms with E-state index in [4.69, 9.17) is 4.74 Å². The fourth-order valence-electron chi connectivity index (χ4n) is 3.31. The van der Waals surface area contributed by atoms with Crippen molar-refractivity contribution in [3.63, 3.8) is 0 Å². The Bertz CT molecular complexity index is 845. The van der Waals surface area contributed by atoms with Crippen LogP contribution in [0.3, 0.4) is 0 Å². The third-order valence-electron chi connectivity index (χ3n) is 4.56. The summed E-state index contributed by atoms with van der Waals surface area (Å²) in [6.07, 6.45) is 8.85. The van der Waals surface area contributed by atoms with Gasteiger partial charge in [0.15, 0.2) is 6.61 Å². The highest BCUT2D eigenvalue weighted by Gasteiger charge is 2.21. The number of esters is 1. The van der Waals surface area contributed by atoms with E-state index in [0.29, 0.717) is 0 Å². The van der Waals surface area contributed by atoms with Crippen molar-refractivity contribution in [2.45, 2.75) is 26.7 Å². The van der Waals surface area contributed by atoms with E-state index in [1.165, 1.54) is 23.0 Å². The van der Waals surface area contributed by atoms with Gasteiger partial charge >= 0.3 is 5.97 Å². The molecule has 3 rings (SSSR count). The lowest BCUT2D eigenvalue weighted by atomic mass is 10.1. The molecule has 0 N–H and O–H groups in total. The molecule has 0 fully saturated rings. The second-order valence-electron chi connectivity index (χ2n) is 6.57. The van der Waals surface area contributed by atoms with Crippen molar-refractivity contribution in [3.8, 4) is 5.75 Å². The molecule has 2 aromatic rings. The quantitative estimate of drug-likeness (QED) is 0.546. The minimum absolute atomic E-state index is 0.0685. The van der Waals surface area contributed by atoms with Crippen LogP contribution in [0.15, 0.2) is 66.0 Å². The van der Waals surface area contributed by atoms with Gasteiger partial charge in [-0.3, -0.25) is 0 Å². The van der Waals surface area contributed by atoms with Crippen molar-refractivity contribution in [1.82, 2.24) is 0 Å². The molecule has 0 aliphatic heterocycles. The van der Waals surface area contributed by atoms with Crippen LogP contribution in [0, 0.1) is 13.8 Å². The van der Waals surface area contributed by atoms with E-state index >= 15 is 0 Å². The first kappa shape index (κ1) is 19.4. The Balaban J connectivity index is 1.99. The molecule has 0 heterocycles. The van der Waals surface area contributed by atoms with Gasteiger partial charge < -0.3 is 9.47 Å². The predicted octanol–water partition coefficient (Wildman–Crippen LogP) is 4.52. The Morgan fingerprint density at radius 2 is 1.78 bits per heavy atom. The summed E-state index contributed by atoms with van der Waals surface area (Å²) in [6, 6.07) is 15.1. The van der Waals surface area contributed by atoms with Crippen LogP contribution in [-0.4, -0.2) is 19.7 Å². The zero-order valence-corrected chi connectivity index (χ0v) is 17.0. The van der Waals surface area contributed by atoms with Gasteiger partial charge in [0.2, 0.25) is 0 Å². The van der Waals surface area contributed by atoms with Crippen LogP contribution in [0.1, 0.15) is 24.0 Å². The highest BCUT2D eigenvalue weighted by Crippen LogP contribution is 2.47. The van der Waals surface area contributed by atoms with E-state index in [9.17, 15) is 4.79 Å². The molecule has 1 unspecified atom stereocenters. The number of carbonyl (C=O) groups excluding carboxylic acids is 1. The summed E-state index contributed by atoms with van der Waals surface area (Å²) in [7, 11) is 0.793. The molecule has 0 aromatic heterocycles. The van der Waals surface area contributed by atoms with Gasteiger partial charge in [0.05, 0.1) is 7.11 Å². The Morgan fingerprint density at radius 3 is 2.37 bits per heavy atom. The Morgan fingerprint density at radius 1 is 1.07 bits per heavy atom. The molecule has 0 saturated carbocycles. The van der Waals surface area contributed by atoms with Crippen LogP contribution in [0.5, 0.6) is 5.75 Å². The molecule has 0 radical (unpaired) electrons. The Hall–Kier alpha value is -2.38. The molecule has 140 valence electrons. The van der Waals surface area contributed by atoms with Crippen LogP contribution in [-0.2, 0) is 9.53 Å². The van der Waals surface area contributed by atoms with Crippen molar-refractivity contribution in [2.75, 3.05) is 13.7 Å². The highest BCUT2D eigenvalue weighted by atomic mass is 31.1. The van der Waals surface area contributed by atoms with Crippen molar-refractivity contribution >= 4 is 24.5 Å². The third-order valence-corrected chi connectivity index (χ3v) is 7.10. The molecule has 1 atom stereocenters. The number of methoxy groups -OCH3 is 1. The second kappa shape index (κ2) is 9.01. The predicted molar refractivity (Wildman–Crippen MR) is 113 cm³/mol. The minimum atomic E-state index is -0.576. The first-order chi connectivity index (χ1) is 13.1. The second-order valence-corrected chi connectivity index (χ2v) is 8.85. The number of allylic oxidation sites excluding steroid dienone is 4. The average Bonchev–Trinajstić information content (AvgIpc) is 2.69. The van der Waals surface area contributed by atoms with Gasteiger partial charge in [0.1, 0.15) is 5.75 Å². The van der Waals surface area contributed by atoms with E-state index < -0.39 is 7.92 Å². The highest BCUT2D eigenvalue weighted by molar-refractivity contribution is 7.76. The summed E-state index contributed by atoms with van der Waals surface area (Å²) in [5, 5.41) is 4.16. The fourth-order valence-corrected chi connectivity index (χ4v) is 5.97. The molecule has 0 bridgehead atoms. The zero-order chi connectivity index (χ0) is 19.2. The van der Waals surface area contributed by atoms with Crippen LogP contribution in [0.25, 0.3) is 0 Å². The van der Waals surface area contributed by atoms with Crippen molar-refractivity contribution in [3.05, 3.63) is 77.1 Å². The standard InChI is InChI=1S/C23H25O3P/c1-17-14-21(15-18(2)23(17)26-16-22(24)25-3)27(19-10-6-4-7-11-19)20-12-8-5-9-13-20/h4-8,10-12,14-15H,9,13,16H2,1-3H3. The summed E-state index contributed by atoms with van der Waals surface area (Å²) in [5.41, 5.74) is 2.09. The minimum Gasteiger partial charge on any atom is -0.481 e. The van der Waals surface area contributed by atoms with Crippen LogP contribution >= 0.6 is 7.92 Å². The number of ether oxygens (including phenoxy) is 2. The number of rotatable bonds is 6. The summed E-state index contributed by atoms with van der Waals surface area (Å²) in [5.74, 6) is 0.397. The molecule has 3 nitrogen and oxygen atoms in total. The van der Waals surface area contributed by atoms with Crippen molar-refractivity contribution in [2.24, 2.45) is 0 Å². The maximum absolute atomic E-state index is 11.4. The first-order valence-corrected chi connectivity index (χ1v) is 10.5. The van der Waals surface area contributed by atoms with Gasteiger partial charge in [-0.25, -0.2) is 4.79 Å². The molecule has 0 amide bonds. The Labute approximate surface area is 162 Å². The zero-order valence-electron chi connectivity index (χ0n) is 16.1. The number of aryl methyl sites for hydroxylation is 2. The summed E-state index contributed by atoms with van der Waals surface area (Å²) in [6.45, 7) is 4.01. The van der Waals surface area contributed by atoms with Gasteiger partial charge in [-0.05, 0) is 73.8 Å². The van der Waals surface area contributed by atoms with E-state index in [-0.39, 0.29) is 12.6 Å². The maximum atomic E-state index is 11.4. The Kier molecular flexibility index (Phi) is 6.47. The van der Waals surface area contributed by atoms with Crippen molar-refractivity contribution < 1.29 is 14.3 Å². The lowest BCUT2D eigenvalue weighted by Gasteiger charge is -2.25. The SMILES string of the molecule is COC(=O)COc1c(C)cc(P(C2=CC=CCC2)c2ccccc2)cc1C. The molecule has 1 aliphatic carbocycles. The number of hydrogen-bond donors (Lipinski definition) is 0. The molecule has 0 spiro atoms. The van der Waals surface area contributed by atoms with Gasteiger partial charge in [-0.1, -0.05) is 48.6 Å². The van der Waals surface area contributed by atoms with Gasteiger partial charge in [0, 0.05) is 0 Å². The number of carbonyl (C=O) groups is 1. The fraction of sp³-hybridized carbons (Fsp3) is 0.261. The average molecular weight is 380 g/mol. The van der Waals surface area contributed by atoms with E-state index in [1.807, 2.05) is 13.8 Å². The smallest absolute Gasteiger partial charge is 0.343 e. The molecular formula is C23H25O3P. The number of benzene rings is 2. The molecule has 27 heavy (non-hydrogen) atoms. The topological polar surface area (TPSA) is 35.5 Å². The van der Waals surface area contributed by atoms with Crippen molar-refractivity contribution in [1.29, 1.82) is 0 Å². The van der Waals surface area contributed by atoms with E-state index in [1.54, 1.807) is 0 Å². The monoisotopic (exact) mass is 380 g/mol. The summed E-state index contributed by atoms with van der Waals surface area (Å²) in [4.78, 5) is 11.4. The lowest BCUT2D eigenvalue weighted by molar-refractivity contribution is -0.142. The maximum Gasteiger partial charge on any atom is 0.343 e. The molecule has 0 saturated heterocycles. The van der Waals surface area contributed by atoms with Gasteiger partial charge in [-0.15, -0.1) is 0 Å². The van der Waals surface area contributed by atoms with Crippen LogP contribution < -0.4 is 15.3 Å². The van der Waals surface area contributed by atoms with Gasteiger partial charge in [-0.2, -0.15) is 0 Å². The largest absolute Gasteiger partial charge is 0.481 e. The molecule has 4 heteroatoms. The van der Waals surface area contributed by atoms with Crippen LogP contribution in [0.2, 0.25) is 0 Å². The first-order valence-electron chi connectivity index (χ1n) is 9.12. The summed E-state index contributed by atoms with van der Waals surface area (Å²) >= 11 is 0. The molecular weight excluding hydrogens is 355 g/mol. The van der Waals surface area contributed by atoms with E-state index in [2.05, 4.69) is 65.4 Å². The summed E-state index contributed by atoms with van der Waals surface area (Å²) < 4.78 is 10.4. The number of hydrogen-bond acceptors (Lipinski definition) is 3. The molecule has 1 aliphatic rings. The molecule has 2 aromatic carbocycles. The lowest BCUT2D eigenvalue weighted by Crippen LogP contribution is -2.17. The normalized spacial score (nSPS) is 14.4.